The van der Waals surface area contributed by atoms with Crippen LogP contribution < -0.4 is 0 Å². The zero-order chi connectivity index (χ0) is 25.7. The van der Waals surface area contributed by atoms with Gasteiger partial charge in [0.2, 0.25) is 11.8 Å². The first-order valence-corrected chi connectivity index (χ1v) is 12.3. The Hall–Kier alpha value is -2.71. The van der Waals surface area contributed by atoms with E-state index in [-0.39, 0.29) is 31.0 Å². The van der Waals surface area contributed by atoms with Crippen molar-refractivity contribution >= 4 is 17.8 Å². The second-order valence-electron chi connectivity index (χ2n) is 10.7. The number of nitrogens with zero attached hydrogens (tertiary/aromatic N) is 2. The van der Waals surface area contributed by atoms with Gasteiger partial charge in [-0.25, -0.2) is 0 Å². The van der Waals surface area contributed by atoms with Crippen molar-refractivity contribution in [2.45, 2.75) is 69.9 Å². The SMILES string of the molecule is C=CCN(C(=O)C1N([C@@H](CO)Cc2ccccc2)C(=O)[C@@H]2[C@H](C(=O)O)[C@@]3(C)OC12CC3C)C(C)C. The average molecular weight is 485 g/mol. The zero-order valence-electron chi connectivity index (χ0n) is 20.9. The van der Waals surface area contributed by atoms with Gasteiger partial charge >= 0.3 is 5.97 Å². The predicted molar refractivity (Wildman–Crippen MR) is 129 cm³/mol. The number of fused-ring (bicyclic) bond motifs is 1. The molecule has 190 valence electrons. The van der Waals surface area contributed by atoms with Crippen molar-refractivity contribution in [1.82, 2.24) is 9.80 Å². The number of likely N-dealkylation sites (tertiary alicyclic amines) is 1. The topological polar surface area (TPSA) is 107 Å². The Balaban J connectivity index is 1.85. The van der Waals surface area contributed by atoms with Gasteiger partial charge in [0, 0.05) is 12.6 Å². The molecule has 0 saturated carbocycles. The number of carboxylic acids is 1. The summed E-state index contributed by atoms with van der Waals surface area (Å²) in [5, 5.41) is 20.6. The lowest BCUT2D eigenvalue weighted by atomic mass is 9.62. The molecule has 4 rings (SSSR count). The molecule has 0 radical (unpaired) electrons. The molecule has 3 saturated heterocycles. The number of hydrogen-bond acceptors (Lipinski definition) is 5. The second-order valence-corrected chi connectivity index (χ2v) is 10.7. The van der Waals surface area contributed by atoms with E-state index < -0.39 is 47.0 Å². The van der Waals surface area contributed by atoms with Gasteiger partial charge in [0.15, 0.2) is 0 Å². The highest BCUT2D eigenvalue weighted by Gasteiger charge is 2.80. The van der Waals surface area contributed by atoms with Crippen LogP contribution in [0.25, 0.3) is 0 Å². The van der Waals surface area contributed by atoms with Gasteiger partial charge in [0.1, 0.15) is 17.6 Å². The van der Waals surface area contributed by atoms with Gasteiger partial charge in [0.25, 0.3) is 0 Å². The number of benzene rings is 1. The van der Waals surface area contributed by atoms with Gasteiger partial charge in [-0.05, 0) is 45.1 Å². The molecule has 0 aliphatic carbocycles. The van der Waals surface area contributed by atoms with Crippen LogP contribution in [0.1, 0.15) is 39.7 Å². The van der Waals surface area contributed by atoms with E-state index in [9.17, 15) is 24.6 Å². The van der Waals surface area contributed by atoms with E-state index >= 15 is 0 Å². The minimum Gasteiger partial charge on any atom is -0.481 e. The summed E-state index contributed by atoms with van der Waals surface area (Å²) in [7, 11) is 0. The number of rotatable bonds is 9. The number of hydrogen-bond donors (Lipinski definition) is 2. The Labute approximate surface area is 206 Å². The maximum atomic E-state index is 14.2. The summed E-state index contributed by atoms with van der Waals surface area (Å²) in [4.78, 5) is 43.8. The molecule has 2 amide bonds. The average Bonchev–Trinajstić information content (AvgIpc) is 3.32. The van der Waals surface area contributed by atoms with Gasteiger partial charge in [-0.2, -0.15) is 0 Å². The summed E-state index contributed by atoms with van der Waals surface area (Å²) in [6, 6.07) is 7.56. The highest BCUT2D eigenvalue weighted by molar-refractivity contribution is 5.98. The third-order valence-corrected chi connectivity index (χ3v) is 8.40. The summed E-state index contributed by atoms with van der Waals surface area (Å²) in [5.74, 6) is -4.03. The first kappa shape index (κ1) is 25.4. The molecule has 8 heteroatoms. The molecule has 0 aromatic heterocycles. The predicted octanol–water partition coefficient (Wildman–Crippen LogP) is 2.11. The van der Waals surface area contributed by atoms with Gasteiger partial charge in [0.05, 0.1) is 24.2 Å². The molecule has 3 aliphatic heterocycles. The fourth-order valence-corrected chi connectivity index (χ4v) is 6.71. The highest BCUT2D eigenvalue weighted by Crippen LogP contribution is 2.65. The number of carbonyl (C=O) groups excluding carboxylic acids is 2. The van der Waals surface area contributed by atoms with Crippen molar-refractivity contribution < 1.29 is 29.3 Å². The summed E-state index contributed by atoms with van der Waals surface area (Å²) in [5.41, 5.74) is -1.40. The van der Waals surface area contributed by atoms with Crippen LogP contribution in [0.15, 0.2) is 43.0 Å². The molecule has 1 spiro atoms. The van der Waals surface area contributed by atoms with Crippen molar-refractivity contribution in [2.24, 2.45) is 17.8 Å². The third-order valence-electron chi connectivity index (χ3n) is 8.40. The molecule has 2 N–H and O–H groups in total. The van der Waals surface area contributed by atoms with Crippen LogP contribution in [0.3, 0.4) is 0 Å². The Morgan fingerprint density at radius 3 is 2.51 bits per heavy atom. The minimum absolute atomic E-state index is 0.156. The molecule has 2 bridgehead atoms. The highest BCUT2D eigenvalue weighted by atomic mass is 16.5. The lowest BCUT2D eigenvalue weighted by Crippen LogP contribution is -2.60. The van der Waals surface area contributed by atoms with Crippen LogP contribution in [0, 0.1) is 17.8 Å². The van der Waals surface area contributed by atoms with Crippen LogP contribution in [0.4, 0.5) is 0 Å². The van der Waals surface area contributed by atoms with Gasteiger partial charge in [-0.1, -0.05) is 43.3 Å². The molecule has 3 heterocycles. The van der Waals surface area contributed by atoms with E-state index in [0.717, 1.165) is 5.56 Å². The van der Waals surface area contributed by atoms with E-state index in [1.165, 1.54) is 4.90 Å². The molecule has 3 fully saturated rings. The van der Waals surface area contributed by atoms with Crippen LogP contribution in [-0.4, -0.2) is 80.3 Å². The van der Waals surface area contributed by atoms with Gasteiger partial charge in [-0.3, -0.25) is 14.4 Å². The summed E-state index contributed by atoms with van der Waals surface area (Å²) < 4.78 is 6.55. The van der Waals surface area contributed by atoms with Crippen LogP contribution >= 0.6 is 0 Å². The van der Waals surface area contributed by atoms with E-state index in [0.29, 0.717) is 12.8 Å². The lowest BCUT2D eigenvalue weighted by molar-refractivity contribution is -0.160. The molecule has 3 aliphatic rings. The Morgan fingerprint density at radius 2 is 1.97 bits per heavy atom. The van der Waals surface area contributed by atoms with Crippen molar-refractivity contribution in [3.63, 3.8) is 0 Å². The minimum atomic E-state index is -1.26. The number of aliphatic hydroxyl groups is 1. The first-order chi connectivity index (χ1) is 16.5. The van der Waals surface area contributed by atoms with Gasteiger partial charge in [-0.15, -0.1) is 6.58 Å². The molecule has 1 aromatic rings. The Bertz CT molecular complexity index is 1010. The van der Waals surface area contributed by atoms with E-state index in [1.54, 1.807) is 17.9 Å². The fraction of sp³-hybridized carbons (Fsp3) is 0.593. The van der Waals surface area contributed by atoms with E-state index in [4.69, 9.17) is 4.74 Å². The van der Waals surface area contributed by atoms with Crippen molar-refractivity contribution in [3.05, 3.63) is 48.6 Å². The van der Waals surface area contributed by atoms with Crippen molar-refractivity contribution in [1.29, 1.82) is 0 Å². The third kappa shape index (κ3) is 3.69. The number of ether oxygens (including phenoxy) is 1. The van der Waals surface area contributed by atoms with Crippen molar-refractivity contribution in [3.8, 4) is 0 Å². The number of amides is 2. The zero-order valence-corrected chi connectivity index (χ0v) is 20.9. The second kappa shape index (κ2) is 9.06. The van der Waals surface area contributed by atoms with Gasteiger partial charge < -0.3 is 24.7 Å². The van der Waals surface area contributed by atoms with Crippen molar-refractivity contribution in [2.75, 3.05) is 13.2 Å². The first-order valence-electron chi connectivity index (χ1n) is 12.3. The normalized spacial score (nSPS) is 34.2. The lowest BCUT2D eigenvalue weighted by Gasteiger charge is -2.40. The molecule has 35 heavy (non-hydrogen) atoms. The molecule has 1 aromatic carbocycles. The number of aliphatic carboxylic acids is 1. The maximum absolute atomic E-state index is 14.2. The maximum Gasteiger partial charge on any atom is 0.310 e. The number of aliphatic hydroxyl groups excluding tert-OH is 1. The standard InChI is InChI=1S/C27H36N2O6/c1-6-12-28(16(2)3)24(32)22-27-14-17(4)26(5,35-27)21(25(33)34)20(27)23(31)29(22)19(15-30)13-18-10-8-7-9-11-18/h6-11,16-17,19-22,30H,1,12-15H2,2-5H3,(H,33,34)/t17?,19-,20+,21-,22?,26+,27?/m1/s1. The largest absolute Gasteiger partial charge is 0.481 e. The van der Waals surface area contributed by atoms with Crippen LogP contribution in [0.5, 0.6) is 0 Å². The Kier molecular flexibility index (Phi) is 6.57. The summed E-state index contributed by atoms with van der Waals surface area (Å²) >= 11 is 0. The number of carbonyl (C=O) groups is 3. The van der Waals surface area contributed by atoms with Crippen LogP contribution in [-0.2, 0) is 25.5 Å². The molecular formula is C27H36N2O6. The molecule has 3 unspecified atom stereocenters. The monoisotopic (exact) mass is 484 g/mol. The number of carboxylic acid groups (broad SMARTS) is 1. The van der Waals surface area contributed by atoms with Crippen LogP contribution in [0.2, 0.25) is 0 Å². The van der Waals surface area contributed by atoms with E-state index in [1.807, 2.05) is 51.1 Å². The molecule has 8 nitrogen and oxygen atoms in total. The summed E-state index contributed by atoms with van der Waals surface area (Å²) in [6.07, 6.45) is 2.38. The fourth-order valence-electron chi connectivity index (χ4n) is 6.71. The molecule has 7 atom stereocenters. The summed E-state index contributed by atoms with van der Waals surface area (Å²) in [6.45, 7) is 11.2. The quantitative estimate of drug-likeness (QED) is 0.520. The molecular weight excluding hydrogens is 448 g/mol. The Morgan fingerprint density at radius 1 is 1.31 bits per heavy atom. The smallest absolute Gasteiger partial charge is 0.310 e. The van der Waals surface area contributed by atoms with E-state index in [2.05, 4.69) is 6.58 Å².